The van der Waals surface area contributed by atoms with Crippen LogP contribution in [0.25, 0.3) is 0 Å². The standard InChI is InChI=1S/C23H38O7/c1-2-3-6-9-17(26)12-13-20-19(21(27)14-22(20)28)10-7-4-5-8-11-23(29)30-18(15-24)16-25/h4,7,12-13,17-21,24-27H,2-3,5-6,8-11,14-16H2,1H3/b7-4+,13-12+/t17-,19+,20+,21-/m0/s1. The second kappa shape index (κ2) is 15.3. The zero-order chi connectivity index (χ0) is 22.4. The number of unbranched alkanes of at least 4 members (excludes halogenated alkanes) is 3. The fourth-order valence-electron chi connectivity index (χ4n) is 3.59. The van der Waals surface area contributed by atoms with Crippen molar-refractivity contribution in [3.8, 4) is 0 Å². The molecule has 1 fully saturated rings. The normalized spacial score (nSPS) is 23.1. The number of hydrogen-bond acceptors (Lipinski definition) is 7. The Morgan fingerprint density at radius 1 is 1.20 bits per heavy atom. The predicted octanol–water partition coefficient (Wildman–Crippen LogP) is 2.06. The van der Waals surface area contributed by atoms with Gasteiger partial charge in [0.05, 0.1) is 25.4 Å². The average Bonchev–Trinajstić information content (AvgIpc) is 2.99. The van der Waals surface area contributed by atoms with Crippen LogP contribution in [0, 0.1) is 11.8 Å². The highest BCUT2D eigenvalue weighted by atomic mass is 16.6. The molecule has 4 atom stereocenters. The molecule has 0 unspecified atom stereocenters. The lowest BCUT2D eigenvalue weighted by molar-refractivity contribution is -0.153. The molecule has 1 saturated carbocycles. The Hall–Kier alpha value is -1.54. The van der Waals surface area contributed by atoms with E-state index in [-0.39, 0.29) is 30.5 Å². The molecule has 4 N–H and O–H groups in total. The molecule has 0 aromatic heterocycles. The summed E-state index contributed by atoms with van der Waals surface area (Å²) in [6.07, 6.45) is 11.0. The van der Waals surface area contributed by atoms with Gasteiger partial charge in [0.15, 0.2) is 0 Å². The lowest BCUT2D eigenvalue weighted by atomic mass is 9.90. The first-order valence-electron chi connectivity index (χ1n) is 11.1. The van der Waals surface area contributed by atoms with Crippen LogP contribution >= 0.6 is 0 Å². The summed E-state index contributed by atoms with van der Waals surface area (Å²) in [7, 11) is 0. The summed E-state index contributed by atoms with van der Waals surface area (Å²) >= 11 is 0. The van der Waals surface area contributed by atoms with Crippen LogP contribution in [0.5, 0.6) is 0 Å². The molecule has 1 aliphatic carbocycles. The maximum atomic E-state index is 12.2. The Morgan fingerprint density at radius 3 is 2.60 bits per heavy atom. The fraction of sp³-hybridized carbons (Fsp3) is 0.739. The van der Waals surface area contributed by atoms with Crippen molar-refractivity contribution in [2.45, 2.75) is 83.0 Å². The van der Waals surface area contributed by atoms with Crippen LogP contribution < -0.4 is 0 Å². The van der Waals surface area contributed by atoms with Gasteiger partial charge in [0.25, 0.3) is 0 Å². The lowest BCUT2D eigenvalue weighted by Crippen LogP contribution is -2.25. The van der Waals surface area contributed by atoms with Crippen molar-refractivity contribution >= 4 is 11.8 Å². The molecular weight excluding hydrogens is 388 g/mol. The Labute approximate surface area is 179 Å². The Balaban J connectivity index is 2.40. The second-order valence-electron chi connectivity index (χ2n) is 7.95. The highest BCUT2D eigenvalue weighted by Crippen LogP contribution is 2.33. The van der Waals surface area contributed by atoms with Crippen LogP contribution in [0.4, 0.5) is 0 Å². The van der Waals surface area contributed by atoms with E-state index < -0.39 is 37.5 Å². The predicted molar refractivity (Wildman–Crippen MR) is 114 cm³/mol. The molecule has 7 heteroatoms. The number of esters is 1. The number of ether oxygens (including phenoxy) is 1. The van der Waals surface area contributed by atoms with Crippen molar-refractivity contribution in [3.05, 3.63) is 24.3 Å². The summed E-state index contributed by atoms with van der Waals surface area (Å²) in [6.45, 7) is 1.29. The number of Topliss-reactive ketones (excluding diaryl/α,β-unsaturated/α-hetero) is 1. The molecule has 0 heterocycles. The Bertz CT molecular complexity index is 554. The fourth-order valence-corrected chi connectivity index (χ4v) is 3.59. The molecule has 30 heavy (non-hydrogen) atoms. The molecule has 1 rings (SSSR count). The lowest BCUT2D eigenvalue weighted by Gasteiger charge is -2.17. The minimum absolute atomic E-state index is 0.00275. The van der Waals surface area contributed by atoms with Gasteiger partial charge >= 0.3 is 5.97 Å². The van der Waals surface area contributed by atoms with Gasteiger partial charge in [-0.05, 0) is 25.7 Å². The van der Waals surface area contributed by atoms with Crippen LogP contribution in [-0.4, -0.2) is 63.7 Å². The van der Waals surface area contributed by atoms with Gasteiger partial charge in [0.2, 0.25) is 0 Å². The van der Waals surface area contributed by atoms with E-state index in [1.807, 2.05) is 12.2 Å². The quantitative estimate of drug-likeness (QED) is 0.179. The van der Waals surface area contributed by atoms with E-state index >= 15 is 0 Å². The van der Waals surface area contributed by atoms with E-state index in [0.717, 1.165) is 19.3 Å². The summed E-state index contributed by atoms with van der Waals surface area (Å²) in [4.78, 5) is 23.8. The number of aliphatic hydroxyl groups is 4. The molecule has 0 aromatic carbocycles. The van der Waals surface area contributed by atoms with Gasteiger partial charge < -0.3 is 25.2 Å². The molecule has 0 saturated heterocycles. The first-order valence-corrected chi connectivity index (χ1v) is 11.1. The molecule has 0 amide bonds. The van der Waals surface area contributed by atoms with Crippen LogP contribution in [-0.2, 0) is 14.3 Å². The third-order valence-corrected chi connectivity index (χ3v) is 5.41. The summed E-state index contributed by atoms with van der Waals surface area (Å²) in [5.41, 5.74) is 0. The zero-order valence-electron chi connectivity index (χ0n) is 18.0. The third-order valence-electron chi connectivity index (χ3n) is 5.41. The van der Waals surface area contributed by atoms with Crippen LogP contribution in [0.2, 0.25) is 0 Å². The Kier molecular flexibility index (Phi) is 13.5. The number of aliphatic hydroxyl groups excluding tert-OH is 4. The molecule has 172 valence electrons. The van der Waals surface area contributed by atoms with Gasteiger partial charge in [-0.2, -0.15) is 0 Å². The summed E-state index contributed by atoms with van der Waals surface area (Å²) in [5.74, 6) is -1.04. The number of carbonyl (C=O) groups is 2. The first-order chi connectivity index (χ1) is 14.4. The van der Waals surface area contributed by atoms with Crippen LogP contribution in [0.1, 0.15) is 64.7 Å². The van der Waals surface area contributed by atoms with Crippen LogP contribution in [0.3, 0.4) is 0 Å². The van der Waals surface area contributed by atoms with Gasteiger partial charge in [0.1, 0.15) is 11.9 Å². The minimum Gasteiger partial charge on any atom is -0.457 e. The molecule has 0 spiro atoms. The molecule has 1 aliphatic rings. The molecule has 0 aliphatic heterocycles. The third kappa shape index (κ3) is 9.98. The Morgan fingerprint density at radius 2 is 1.93 bits per heavy atom. The highest BCUT2D eigenvalue weighted by Gasteiger charge is 2.39. The largest absolute Gasteiger partial charge is 0.457 e. The van der Waals surface area contributed by atoms with Crippen molar-refractivity contribution in [3.63, 3.8) is 0 Å². The zero-order valence-corrected chi connectivity index (χ0v) is 18.0. The maximum Gasteiger partial charge on any atom is 0.306 e. The van der Waals surface area contributed by atoms with Gasteiger partial charge in [-0.25, -0.2) is 0 Å². The van der Waals surface area contributed by atoms with Crippen molar-refractivity contribution in [2.75, 3.05) is 13.2 Å². The SMILES string of the molecule is CCCCC[C@H](O)/C=C/[C@H]1C(=O)C[C@H](O)[C@@H]1C/C=C/CCCC(=O)OC(CO)CO. The minimum atomic E-state index is -0.871. The van der Waals surface area contributed by atoms with E-state index in [1.165, 1.54) is 0 Å². The summed E-state index contributed by atoms with van der Waals surface area (Å²) in [6, 6.07) is 0. The molecule has 0 aromatic rings. The first kappa shape index (κ1) is 26.5. The summed E-state index contributed by atoms with van der Waals surface area (Å²) in [5, 5.41) is 38.0. The average molecular weight is 427 g/mol. The summed E-state index contributed by atoms with van der Waals surface area (Å²) < 4.78 is 4.89. The van der Waals surface area contributed by atoms with E-state index in [0.29, 0.717) is 25.7 Å². The topological polar surface area (TPSA) is 124 Å². The van der Waals surface area contributed by atoms with Gasteiger partial charge in [-0.1, -0.05) is 50.5 Å². The van der Waals surface area contributed by atoms with E-state index in [4.69, 9.17) is 14.9 Å². The van der Waals surface area contributed by atoms with Crippen molar-refractivity contribution in [1.82, 2.24) is 0 Å². The molecule has 0 radical (unpaired) electrons. The van der Waals surface area contributed by atoms with Gasteiger partial charge in [0, 0.05) is 24.7 Å². The second-order valence-corrected chi connectivity index (χ2v) is 7.95. The highest BCUT2D eigenvalue weighted by molar-refractivity contribution is 5.86. The molecule has 7 nitrogen and oxygen atoms in total. The number of rotatable bonds is 15. The van der Waals surface area contributed by atoms with Gasteiger partial charge in [-0.3, -0.25) is 9.59 Å². The van der Waals surface area contributed by atoms with Gasteiger partial charge in [-0.15, -0.1) is 0 Å². The van der Waals surface area contributed by atoms with Crippen LogP contribution in [0.15, 0.2) is 24.3 Å². The maximum absolute atomic E-state index is 12.2. The van der Waals surface area contributed by atoms with Crippen molar-refractivity contribution < 1.29 is 34.8 Å². The smallest absolute Gasteiger partial charge is 0.306 e. The van der Waals surface area contributed by atoms with E-state index in [1.54, 1.807) is 12.2 Å². The number of allylic oxidation sites excluding steroid dienone is 3. The monoisotopic (exact) mass is 426 g/mol. The number of carbonyl (C=O) groups excluding carboxylic acids is 2. The van der Waals surface area contributed by atoms with Crippen molar-refractivity contribution in [2.24, 2.45) is 11.8 Å². The number of hydrogen-bond donors (Lipinski definition) is 4. The van der Waals surface area contributed by atoms with E-state index in [9.17, 15) is 19.8 Å². The molecular formula is C23H38O7. The van der Waals surface area contributed by atoms with Crippen molar-refractivity contribution in [1.29, 1.82) is 0 Å². The molecule has 0 bridgehead atoms. The number of ketones is 1. The van der Waals surface area contributed by atoms with E-state index in [2.05, 4.69) is 6.92 Å².